The number of aromatic nitrogens is 2. The zero-order chi connectivity index (χ0) is 25.5. The normalized spacial score (nSPS) is 12.8. The molecule has 9 nitrogen and oxygen atoms in total. The highest BCUT2D eigenvalue weighted by Gasteiger charge is 2.27. The number of thiazole rings is 1. The van der Waals surface area contributed by atoms with Crippen molar-refractivity contribution in [3.05, 3.63) is 88.0 Å². The quantitative estimate of drug-likeness (QED) is 0.199. The van der Waals surface area contributed by atoms with Gasteiger partial charge in [-0.1, -0.05) is 48.5 Å². The number of aromatic amines is 1. The summed E-state index contributed by atoms with van der Waals surface area (Å²) in [5.74, 6) is -2.52. The molecule has 0 aliphatic heterocycles. The van der Waals surface area contributed by atoms with Crippen LogP contribution >= 0.6 is 11.3 Å². The Kier molecular flexibility index (Phi) is 8.09. The van der Waals surface area contributed by atoms with Gasteiger partial charge in [-0.3, -0.25) is 14.9 Å². The highest BCUT2D eigenvalue weighted by atomic mass is 32.1. The third-order valence-electron chi connectivity index (χ3n) is 5.89. The molecule has 2 aromatic heterocycles. The summed E-state index contributed by atoms with van der Waals surface area (Å²) in [7, 11) is 0. The maximum atomic E-state index is 13.2. The van der Waals surface area contributed by atoms with Crippen molar-refractivity contribution in [1.82, 2.24) is 20.6 Å². The maximum absolute atomic E-state index is 13.2. The molecule has 0 saturated heterocycles. The van der Waals surface area contributed by atoms with Crippen molar-refractivity contribution in [3.63, 3.8) is 0 Å². The van der Waals surface area contributed by atoms with Crippen LogP contribution in [0.4, 0.5) is 0 Å². The molecule has 0 spiro atoms. The Hall–Kier alpha value is -4.02. The third-order valence-corrected chi connectivity index (χ3v) is 6.79. The van der Waals surface area contributed by atoms with E-state index in [0.29, 0.717) is 17.7 Å². The Morgan fingerprint density at radius 3 is 2.47 bits per heavy atom. The fraction of sp³-hybridized carbons (Fsp3) is 0.231. The van der Waals surface area contributed by atoms with Crippen LogP contribution in [-0.2, 0) is 28.9 Å². The zero-order valence-electron chi connectivity index (χ0n) is 19.3. The Balaban J connectivity index is 1.48. The molecule has 2 atom stereocenters. The van der Waals surface area contributed by atoms with Crippen molar-refractivity contribution in [2.24, 2.45) is 0 Å². The molecule has 0 saturated carbocycles. The first-order valence-corrected chi connectivity index (χ1v) is 12.3. The van der Waals surface area contributed by atoms with Crippen molar-refractivity contribution in [2.45, 2.75) is 31.3 Å². The highest BCUT2D eigenvalue weighted by Crippen LogP contribution is 2.20. The number of amides is 1. The summed E-state index contributed by atoms with van der Waals surface area (Å²) in [5, 5.41) is 26.0. The number of rotatable bonds is 12. The smallest absolute Gasteiger partial charge is 0.355 e. The van der Waals surface area contributed by atoms with E-state index in [0.717, 1.165) is 22.0 Å². The van der Waals surface area contributed by atoms with Gasteiger partial charge in [-0.2, -0.15) is 0 Å². The van der Waals surface area contributed by atoms with E-state index < -0.39 is 24.0 Å². The largest absolute Gasteiger partial charge is 0.480 e. The minimum absolute atomic E-state index is 0.0159. The lowest BCUT2D eigenvalue weighted by atomic mass is 10.0. The second-order valence-electron chi connectivity index (χ2n) is 8.33. The molecule has 186 valence electrons. The average Bonchev–Trinajstić information content (AvgIpc) is 3.51. The number of nitrogens with zero attached hydrogens (tertiary/aromatic N) is 1. The summed E-state index contributed by atoms with van der Waals surface area (Å²) in [6.45, 7) is 0.203. The molecule has 0 aliphatic rings. The van der Waals surface area contributed by atoms with Gasteiger partial charge in [0.1, 0.15) is 6.04 Å². The van der Waals surface area contributed by atoms with Crippen molar-refractivity contribution in [1.29, 1.82) is 0 Å². The summed E-state index contributed by atoms with van der Waals surface area (Å²) in [5.41, 5.74) is 4.09. The average molecular weight is 507 g/mol. The molecule has 2 heterocycles. The molecule has 36 heavy (non-hydrogen) atoms. The second-order valence-corrected chi connectivity index (χ2v) is 9.27. The first-order chi connectivity index (χ1) is 17.4. The fourth-order valence-electron chi connectivity index (χ4n) is 4.10. The van der Waals surface area contributed by atoms with Gasteiger partial charge in [-0.05, 0) is 23.6 Å². The number of aliphatic carboxylic acids is 1. The molecule has 1 amide bonds. The maximum Gasteiger partial charge on any atom is 0.355 e. The predicted octanol–water partition coefficient (Wildman–Crippen LogP) is 2.88. The number of carbonyl (C=O) groups is 3. The molecule has 2 aromatic carbocycles. The van der Waals surface area contributed by atoms with Crippen molar-refractivity contribution >= 4 is 40.1 Å². The number of carboxylic acids is 2. The van der Waals surface area contributed by atoms with Gasteiger partial charge in [-0.15, -0.1) is 11.3 Å². The molecule has 10 heteroatoms. The van der Waals surface area contributed by atoms with Gasteiger partial charge in [0.15, 0.2) is 5.69 Å². The van der Waals surface area contributed by atoms with Gasteiger partial charge in [0.2, 0.25) is 5.91 Å². The number of fused-ring (bicyclic) bond motifs is 1. The van der Waals surface area contributed by atoms with Gasteiger partial charge in [-0.25, -0.2) is 9.78 Å². The van der Waals surface area contributed by atoms with E-state index in [-0.39, 0.29) is 24.6 Å². The Bertz CT molecular complexity index is 1350. The number of nitrogens with one attached hydrogen (secondary N) is 3. The van der Waals surface area contributed by atoms with Crippen LogP contribution in [0.2, 0.25) is 0 Å². The monoisotopic (exact) mass is 506 g/mol. The minimum atomic E-state index is -1.11. The second kappa shape index (κ2) is 11.6. The summed E-state index contributed by atoms with van der Waals surface area (Å²) in [6, 6.07) is 15.2. The van der Waals surface area contributed by atoms with Crippen LogP contribution in [-0.4, -0.2) is 56.7 Å². The van der Waals surface area contributed by atoms with Crippen LogP contribution in [0.25, 0.3) is 10.9 Å². The number of carbonyl (C=O) groups excluding carboxylic acids is 1. The van der Waals surface area contributed by atoms with E-state index in [4.69, 9.17) is 0 Å². The van der Waals surface area contributed by atoms with Crippen LogP contribution in [0.1, 0.15) is 26.5 Å². The SMILES string of the molecule is O=C(O)c1ncsc1CCNC(=O)[C@H](Cc1ccccc1)N[C@@H](Cc1c[nH]c2ccccc12)C(=O)O. The number of carboxylic acid groups (broad SMARTS) is 2. The summed E-state index contributed by atoms with van der Waals surface area (Å²) in [4.78, 5) is 44.2. The van der Waals surface area contributed by atoms with Crippen LogP contribution < -0.4 is 10.6 Å². The number of hydrogen-bond acceptors (Lipinski definition) is 6. The first-order valence-electron chi connectivity index (χ1n) is 11.4. The third kappa shape index (κ3) is 6.15. The molecule has 0 fully saturated rings. The Morgan fingerprint density at radius 1 is 0.972 bits per heavy atom. The molecule has 0 unspecified atom stereocenters. The fourth-order valence-corrected chi connectivity index (χ4v) is 4.86. The Morgan fingerprint density at radius 2 is 1.72 bits per heavy atom. The van der Waals surface area contributed by atoms with E-state index in [1.54, 1.807) is 6.20 Å². The number of H-pyrrole nitrogens is 1. The molecule has 0 radical (unpaired) electrons. The van der Waals surface area contributed by atoms with Crippen molar-refractivity contribution in [3.8, 4) is 0 Å². The lowest BCUT2D eigenvalue weighted by Gasteiger charge is -2.23. The van der Waals surface area contributed by atoms with Crippen LogP contribution in [0.3, 0.4) is 0 Å². The lowest BCUT2D eigenvalue weighted by molar-refractivity contribution is -0.140. The molecule has 4 rings (SSSR count). The van der Waals surface area contributed by atoms with E-state index in [2.05, 4.69) is 20.6 Å². The van der Waals surface area contributed by atoms with E-state index >= 15 is 0 Å². The van der Waals surface area contributed by atoms with E-state index in [1.165, 1.54) is 16.8 Å². The van der Waals surface area contributed by atoms with Crippen LogP contribution in [0.5, 0.6) is 0 Å². The van der Waals surface area contributed by atoms with E-state index in [9.17, 15) is 24.6 Å². The molecular formula is C26H26N4O5S. The summed E-state index contributed by atoms with van der Waals surface area (Å²) < 4.78 is 0. The van der Waals surface area contributed by atoms with Gasteiger partial charge < -0.3 is 20.5 Å². The standard InChI is InChI=1S/C26H26N4O5S/c31-24(27-11-10-22-23(26(34)35)29-15-36-22)20(12-16-6-2-1-3-7-16)30-21(25(32)33)13-17-14-28-19-9-5-4-8-18(17)19/h1-9,14-15,20-21,28,30H,10-13H2,(H,27,31)(H,32,33)(H,34,35)/t20-,21-/m0/s1. The summed E-state index contributed by atoms with van der Waals surface area (Å²) in [6.07, 6.45) is 2.60. The van der Waals surface area contributed by atoms with E-state index in [1.807, 2.05) is 54.6 Å². The molecule has 0 bridgehead atoms. The molecular weight excluding hydrogens is 480 g/mol. The number of benzene rings is 2. The van der Waals surface area contributed by atoms with Gasteiger partial charge in [0.25, 0.3) is 0 Å². The molecule has 4 aromatic rings. The number of aromatic carboxylic acids is 1. The highest BCUT2D eigenvalue weighted by molar-refractivity contribution is 7.09. The minimum Gasteiger partial charge on any atom is -0.480 e. The molecule has 0 aliphatic carbocycles. The summed E-state index contributed by atoms with van der Waals surface area (Å²) >= 11 is 1.22. The van der Waals surface area contributed by atoms with Crippen molar-refractivity contribution < 1.29 is 24.6 Å². The molecule has 5 N–H and O–H groups in total. The van der Waals surface area contributed by atoms with Crippen molar-refractivity contribution in [2.75, 3.05) is 6.54 Å². The number of para-hydroxylation sites is 1. The first kappa shape index (κ1) is 25.1. The zero-order valence-corrected chi connectivity index (χ0v) is 20.1. The van der Waals surface area contributed by atoms with Crippen LogP contribution in [0, 0.1) is 0 Å². The van der Waals surface area contributed by atoms with Crippen LogP contribution in [0.15, 0.2) is 66.3 Å². The number of hydrogen-bond donors (Lipinski definition) is 5. The topological polar surface area (TPSA) is 144 Å². The van der Waals surface area contributed by atoms with Gasteiger partial charge >= 0.3 is 11.9 Å². The van der Waals surface area contributed by atoms with Gasteiger partial charge in [0, 0.05) is 41.4 Å². The van der Waals surface area contributed by atoms with Gasteiger partial charge in [0.05, 0.1) is 11.6 Å². The Labute approximate surface area is 211 Å². The lowest BCUT2D eigenvalue weighted by Crippen LogP contribution is -2.53. The predicted molar refractivity (Wildman–Crippen MR) is 136 cm³/mol.